The van der Waals surface area contributed by atoms with Crippen LogP contribution in [0.2, 0.25) is 0 Å². The van der Waals surface area contributed by atoms with E-state index in [1.54, 1.807) is 0 Å². The van der Waals surface area contributed by atoms with Gasteiger partial charge in [0.1, 0.15) is 12.2 Å². The fourth-order valence-electron chi connectivity index (χ4n) is 0.419. The van der Waals surface area contributed by atoms with E-state index in [9.17, 15) is 8.42 Å². The Morgan fingerprint density at radius 1 is 1.00 bits per heavy atom. The maximum absolute atomic E-state index is 9.89. The third-order valence-electron chi connectivity index (χ3n) is 0.918. The molecule has 29 heavy (non-hydrogen) atoms. The number of nitrogens with one attached hydrogen (secondary N) is 1. The molecule has 0 aliphatic rings. The first kappa shape index (κ1) is 51.6. The van der Waals surface area contributed by atoms with E-state index >= 15 is 0 Å². The molecule has 19 heteroatoms. The second-order valence-corrected chi connectivity index (χ2v) is 3.76. The van der Waals surface area contributed by atoms with Crippen LogP contribution in [0.15, 0.2) is 36.5 Å². The number of rotatable bonds is 7. The van der Waals surface area contributed by atoms with Gasteiger partial charge in [0.05, 0.1) is 24.9 Å². The molecule has 7 N–H and O–H groups in total. The largest absolute Gasteiger partial charge is 0.388 e. The minimum absolute atomic E-state index is 0. The third-order valence-corrected chi connectivity index (χ3v) is 1.52. The van der Waals surface area contributed by atoms with E-state index in [0.717, 1.165) is 25.0 Å². The molecular weight excluding hydrogens is 571 g/mol. The average Bonchev–Trinajstić information content (AvgIpc) is 2.58. The first-order chi connectivity index (χ1) is 11.9. The predicted octanol–water partition coefficient (Wildman–Crippen LogP) is -1.12. The standard InChI is InChI=1S/C4H8N4O2S.C3H6N4O2S.C2H6.CH4.B2.B.2Y/c1-4(5)8-6-2-3-7-11(9)10;4-3-6-5-1-2-7-10(8)9;1-2;;1-2;;;/h2-3,8H,1,5H2,(H,9,10);1-3H,(H2,4,6)(H,8,9);1-2H3;1H4;;;;. The van der Waals surface area contributed by atoms with Crippen molar-refractivity contribution >= 4 is 77.6 Å². The van der Waals surface area contributed by atoms with E-state index in [2.05, 4.69) is 51.6 Å². The van der Waals surface area contributed by atoms with Crippen LogP contribution in [0.5, 0.6) is 0 Å². The summed E-state index contributed by atoms with van der Waals surface area (Å²) in [5.74, 6) is 0.180. The summed E-state index contributed by atoms with van der Waals surface area (Å²) >= 11 is -4.36. The van der Waals surface area contributed by atoms with Crippen molar-refractivity contribution < 1.29 is 82.9 Å². The van der Waals surface area contributed by atoms with Crippen LogP contribution in [0.1, 0.15) is 21.3 Å². The molecule has 0 bridgehead atoms. The Labute approximate surface area is 232 Å². The van der Waals surface area contributed by atoms with Crippen LogP contribution >= 0.6 is 0 Å². The monoisotopic (exact) mass is 595 g/mol. The van der Waals surface area contributed by atoms with Crippen LogP contribution in [0.25, 0.3) is 0 Å². The zero-order valence-electron chi connectivity index (χ0n) is 15.4. The molecule has 155 valence electrons. The van der Waals surface area contributed by atoms with E-state index in [4.69, 9.17) is 20.6 Å². The van der Waals surface area contributed by atoms with Gasteiger partial charge >= 0.3 is 0 Å². The van der Waals surface area contributed by atoms with Crippen LogP contribution in [0.4, 0.5) is 0 Å². The summed E-state index contributed by atoms with van der Waals surface area (Å²) in [6, 6.07) is 0. The second-order valence-electron chi connectivity index (χ2n) is 2.41. The molecular formula is C10H24B3N8O4S2Y2. The second kappa shape index (κ2) is 51.1. The van der Waals surface area contributed by atoms with Gasteiger partial charge in [-0.25, -0.2) is 8.42 Å². The summed E-state index contributed by atoms with van der Waals surface area (Å²) in [6.07, 6.45) is 5.40. The van der Waals surface area contributed by atoms with Gasteiger partial charge in [0.15, 0.2) is 0 Å². The van der Waals surface area contributed by atoms with Crippen LogP contribution in [-0.2, 0) is 88.0 Å². The van der Waals surface area contributed by atoms with E-state index in [-0.39, 0.29) is 87.1 Å². The molecule has 2 unspecified atom stereocenters. The van der Waals surface area contributed by atoms with Crippen molar-refractivity contribution in [2.24, 2.45) is 35.6 Å². The van der Waals surface area contributed by atoms with E-state index in [1.165, 1.54) is 6.21 Å². The minimum Gasteiger partial charge on any atom is -0.388 e. The SMILES string of the molecule is C.C=C(N)NN=CC=NS(=O)O.CC.NC=NN=CC=NS(=O)O.[B].[B][B].[Y].[Y]. The van der Waals surface area contributed by atoms with Crippen molar-refractivity contribution in [3.8, 4) is 0 Å². The van der Waals surface area contributed by atoms with Crippen LogP contribution < -0.4 is 16.9 Å². The quantitative estimate of drug-likeness (QED) is 0.0808. The molecule has 0 heterocycles. The summed E-state index contributed by atoms with van der Waals surface area (Å²) in [7, 11) is 8.00. The maximum Gasteiger partial charge on any atom is 0.281 e. The molecule has 0 aromatic heterocycles. The van der Waals surface area contributed by atoms with Crippen molar-refractivity contribution in [3.05, 3.63) is 12.4 Å². The van der Waals surface area contributed by atoms with Crippen LogP contribution in [0, 0.1) is 0 Å². The summed E-state index contributed by atoms with van der Waals surface area (Å²) in [4.78, 5) is 0. The fourth-order valence-corrected chi connectivity index (χ4v) is 0.736. The molecule has 0 fully saturated rings. The predicted molar refractivity (Wildman–Crippen MR) is 120 cm³/mol. The van der Waals surface area contributed by atoms with Crippen molar-refractivity contribution in [3.63, 3.8) is 0 Å². The first-order valence-electron chi connectivity index (χ1n) is 6.00. The Morgan fingerprint density at radius 3 is 1.69 bits per heavy atom. The Balaban J connectivity index is -0.0000000386. The number of hydrogen-bond donors (Lipinski definition) is 5. The van der Waals surface area contributed by atoms with Gasteiger partial charge in [-0.05, 0) is 0 Å². The summed E-state index contributed by atoms with van der Waals surface area (Å²) < 4.78 is 42.0. The molecule has 0 spiro atoms. The van der Waals surface area contributed by atoms with Crippen LogP contribution in [0.3, 0.4) is 0 Å². The van der Waals surface area contributed by atoms with Gasteiger partial charge < -0.3 is 11.5 Å². The van der Waals surface area contributed by atoms with Gasteiger partial charge in [-0.15, -0.1) is 5.10 Å². The van der Waals surface area contributed by atoms with Gasteiger partial charge in [-0.2, -0.15) is 19.0 Å². The molecule has 12 nitrogen and oxygen atoms in total. The summed E-state index contributed by atoms with van der Waals surface area (Å²) in [6.45, 7) is 7.29. The van der Waals surface area contributed by atoms with Crippen molar-refractivity contribution in [2.45, 2.75) is 21.3 Å². The minimum atomic E-state index is -2.18. The zero-order chi connectivity index (χ0) is 20.5. The van der Waals surface area contributed by atoms with E-state index in [0.29, 0.717) is 0 Å². The molecule has 9 radical (unpaired) electrons. The summed E-state index contributed by atoms with van der Waals surface area (Å²) in [5, 5.41) is 9.95. The maximum atomic E-state index is 9.89. The molecule has 0 aromatic rings. The van der Waals surface area contributed by atoms with Gasteiger partial charge in [0.2, 0.25) is 0 Å². The molecule has 0 aromatic carbocycles. The first-order valence-corrected chi connectivity index (χ1v) is 8.13. The van der Waals surface area contributed by atoms with Crippen molar-refractivity contribution in [2.75, 3.05) is 0 Å². The normalized spacial score (nSPS) is 11.0. The van der Waals surface area contributed by atoms with E-state index in [1.807, 2.05) is 13.8 Å². The molecule has 0 aliphatic carbocycles. The number of nitrogens with two attached hydrogens (primary N) is 2. The van der Waals surface area contributed by atoms with Gasteiger partial charge in [0, 0.05) is 89.3 Å². The van der Waals surface area contributed by atoms with Crippen molar-refractivity contribution in [1.29, 1.82) is 0 Å². The third kappa shape index (κ3) is 83.9. The number of hydrogen-bond acceptors (Lipinski definition) is 7. The van der Waals surface area contributed by atoms with Gasteiger partial charge in [-0.1, -0.05) is 27.9 Å². The molecule has 0 saturated carbocycles. The Bertz CT molecular complexity index is 515. The van der Waals surface area contributed by atoms with Crippen molar-refractivity contribution in [1.82, 2.24) is 5.43 Å². The molecule has 0 saturated heterocycles. The average molecular weight is 595 g/mol. The Morgan fingerprint density at radius 2 is 1.38 bits per heavy atom. The Hall–Kier alpha value is 0.113. The fraction of sp³-hybridized carbons (Fsp3) is 0.300. The number of hydrazone groups is 1. The van der Waals surface area contributed by atoms with E-state index < -0.39 is 22.5 Å². The molecule has 0 rings (SSSR count). The van der Waals surface area contributed by atoms with Gasteiger partial charge in [0.25, 0.3) is 22.5 Å². The Kier molecular flexibility index (Phi) is 90.9. The molecule has 2 atom stereocenters. The molecule has 0 aliphatic heterocycles. The zero-order valence-corrected chi connectivity index (χ0v) is 22.7. The van der Waals surface area contributed by atoms with Crippen LogP contribution in [-0.4, -0.2) is 72.6 Å². The van der Waals surface area contributed by atoms with Gasteiger partial charge in [-0.3, -0.25) is 14.5 Å². The summed E-state index contributed by atoms with van der Waals surface area (Å²) in [5.41, 5.74) is 12.2. The smallest absolute Gasteiger partial charge is 0.281 e. The molecule has 0 amide bonds. The topological polar surface area (TPSA) is 200 Å². The number of nitrogens with zero attached hydrogens (tertiary/aromatic N) is 5.